The molecule has 0 saturated heterocycles. The summed E-state index contributed by atoms with van der Waals surface area (Å²) >= 11 is 0. The van der Waals surface area contributed by atoms with E-state index in [1.54, 1.807) is 0 Å². The van der Waals surface area contributed by atoms with Crippen LogP contribution in [0.4, 0.5) is 11.4 Å². The second-order valence-corrected chi connectivity index (χ2v) is 4.66. The molecule has 96 valence electrons. The molecule has 1 aromatic heterocycles. The summed E-state index contributed by atoms with van der Waals surface area (Å²) in [5, 5.41) is 3.40. The summed E-state index contributed by atoms with van der Waals surface area (Å²) in [4.78, 5) is 0. The van der Waals surface area contributed by atoms with Crippen LogP contribution in [-0.2, 0) is 20.5 Å². The predicted molar refractivity (Wildman–Crippen MR) is 74.3 cm³/mol. The maximum Gasteiger partial charge on any atom is 0.243 e. The lowest BCUT2D eigenvalue weighted by molar-refractivity contribution is -0.671. The minimum absolute atomic E-state index is 0.803. The zero-order chi connectivity index (χ0) is 13.0. The largest absolute Gasteiger partial charge is 0.399 e. The van der Waals surface area contributed by atoms with Crippen LogP contribution in [0.2, 0.25) is 0 Å². The zero-order valence-electron chi connectivity index (χ0n) is 11.1. The molecule has 1 aromatic carbocycles. The van der Waals surface area contributed by atoms with Crippen molar-refractivity contribution >= 4 is 11.4 Å². The van der Waals surface area contributed by atoms with Crippen LogP contribution in [0.25, 0.3) is 0 Å². The van der Waals surface area contributed by atoms with Crippen LogP contribution in [-0.4, -0.2) is 11.1 Å². The normalized spacial score (nSPS) is 10.6. The Kier molecular flexibility index (Phi) is 3.87. The van der Waals surface area contributed by atoms with Crippen molar-refractivity contribution in [2.24, 2.45) is 14.1 Å². The Morgan fingerprint density at radius 3 is 2.61 bits per heavy atom. The van der Waals surface area contributed by atoms with Gasteiger partial charge in [-0.05, 0) is 30.7 Å². The summed E-state index contributed by atoms with van der Waals surface area (Å²) in [5.41, 5.74) is 8.93. The first-order valence-electron chi connectivity index (χ1n) is 6.25. The fourth-order valence-electron chi connectivity index (χ4n) is 2.05. The van der Waals surface area contributed by atoms with Crippen molar-refractivity contribution in [1.29, 1.82) is 0 Å². The molecule has 1 heterocycles. The SMILES string of the molecule is Cn1c[n+](C)cc1CCCNc1ccc(N)cc1. The summed E-state index contributed by atoms with van der Waals surface area (Å²) in [6, 6.07) is 7.86. The number of imidazole rings is 1. The van der Waals surface area contributed by atoms with Crippen molar-refractivity contribution in [1.82, 2.24) is 4.57 Å². The van der Waals surface area contributed by atoms with E-state index in [2.05, 4.69) is 41.1 Å². The monoisotopic (exact) mass is 245 g/mol. The van der Waals surface area contributed by atoms with Crippen LogP contribution >= 0.6 is 0 Å². The zero-order valence-corrected chi connectivity index (χ0v) is 11.1. The van der Waals surface area contributed by atoms with Gasteiger partial charge in [0.15, 0.2) is 0 Å². The highest BCUT2D eigenvalue weighted by molar-refractivity contribution is 5.51. The molecule has 0 unspecified atom stereocenters. The molecule has 0 bridgehead atoms. The number of nitrogens with zero attached hydrogens (tertiary/aromatic N) is 2. The molecule has 0 aliphatic carbocycles. The van der Waals surface area contributed by atoms with Gasteiger partial charge >= 0.3 is 0 Å². The fraction of sp³-hybridized carbons (Fsp3) is 0.357. The fourth-order valence-corrected chi connectivity index (χ4v) is 2.05. The lowest BCUT2D eigenvalue weighted by atomic mass is 10.2. The molecule has 4 heteroatoms. The van der Waals surface area contributed by atoms with Crippen LogP contribution in [0.3, 0.4) is 0 Å². The summed E-state index contributed by atoms with van der Waals surface area (Å²) in [7, 11) is 4.14. The third-order valence-electron chi connectivity index (χ3n) is 3.01. The van der Waals surface area contributed by atoms with Crippen molar-refractivity contribution in [2.75, 3.05) is 17.6 Å². The van der Waals surface area contributed by atoms with E-state index in [0.717, 1.165) is 30.8 Å². The van der Waals surface area contributed by atoms with Crippen molar-refractivity contribution in [3.05, 3.63) is 42.5 Å². The first kappa shape index (κ1) is 12.5. The molecule has 4 nitrogen and oxygen atoms in total. The number of rotatable bonds is 5. The van der Waals surface area contributed by atoms with Crippen LogP contribution in [0.15, 0.2) is 36.8 Å². The third kappa shape index (κ3) is 3.26. The third-order valence-corrected chi connectivity index (χ3v) is 3.01. The number of aromatic nitrogens is 2. The van der Waals surface area contributed by atoms with Crippen molar-refractivity contribution in [3.8, 4) is 0 Å². The van der Waals surface area contributed by atoms with Crippen LogP contribution in [0, 0.1) is 0 Å². The van der Waals surface area contributed by atoms with Gasteiger partial charge in [-0.2, -0.15) is 0 Å². The first-order chi connectivity index (χ1) is 8.65. The van der Waals surface area contributed by atoms with Crippen molar-refractivity contribution in [2.45, 2.75) is 12.8 Å². The van der Waals surface area contributed by atoms with Gasteiger partial charge in [-0.15, -0.1) is 0 Å². The second-order valence-electron chi connectivity index (χ2n) is 4.66. The summed E-state index contributed by atoms with van der Waals surface area (Å²) in [5.74, 6) is 0. The highest BCUT2D eigenvalue weighted by atomic mass is 15.1. The molecule has 0 radical (unpaired) electrons. The van der Waals surface area contributed by atoms with E-state index >= 15 is 0 Å². The average Bonchev–Trinajstić information content (AvgIpc) is 2.66. The Hall–Kier alpha value is -1.97. The quantitative estimate of drug-likeness (QED) is 0.476. The van der Waals surface area contributed by atoms with E-state index in [1.807, 2.05) is 24.3 Å². The molecule has 18 heavy (non-hydrogen) atoms. The lowest BCUT2D eigenvalue weighted by Gasteiger charge is -2.05. The molecule has 2 aromatic rings. The maximum atomic E-state index is 5.64. The lowest BCUT2D eigenvalue weighted by Crippen LogP contribution is -2.23. The molecule has 0 aliphatic rings. The number of benzene rings is 1. The molecule has 0 amide bonds. The van der Waals surface area contributed by atoms with Gasteiger partial charge in [-0.25, -0.2) is 9.13 Å². The number of anilines is 2. The Morgan fingerprint density at radius 1 is 1.28 bits per heavy atom. The molecule has 0 saturated carbocycles. The second kappa shape index (κ2) is 5.58. The van der Waals surface area contributed by atoms with Gasteiger partial charge in [0.05, 0.1) is 14.1 Å². The summed E-state index contributed by atoms with van der Waals surface area (Å²) < 4.78 is 4.26. The van der Waals surface area contributed by atoms with E-state index in [0.29, 0.717) is 0 Å². The minimum atomic E-state index is 0.803. The number of hydrogen-bond donors (Lipinski definition) is 2. The van der Waals surface area contributed by atoms with Gasteiger partial charge in [-0.3, -0.25) is 0 Å². The van der Waals surface area contributed by atoms with Crippen molar-refractivity contribution in [3.63, 3.8) is 0 Å². The predicted octanol–water partition coefficient (Wildman–Crippen LogP) is 1.48. The summed E-state index contributed by atoms with van der Waals surface area (Å²) in [6.07, 6.45) is 6.45. The molecule has 0 aliphatic heterocycles. The van der Waals surface area contributed by atoms with Crippen LogP contribution in [0.1, 0.15) is 12.1 Å². The molecule has 0 spiro atoms. The van der Waals surface area contributed by atoms with Gasteiger partial charge in [0.1, 0.15) is 11.9 Å². The number of hydrogen-bond acceptors (Lipinski definition) is 2. The maximum absolute atomic E-state index is 5.64. The first-order valence-corrected chi connectivity index (χ1v) is 6.25. The topological polar surface area (TPSA) is 46.9 Å². The Morgan fingerprint density at radius 2 is 2.00 bits per heavy atom. The molecule has 0 atom stereocenters. The molecular formula is C14H21N4+. The molecule has 2 rings (SSSR count). The Labute approximate surface area is 108 Å². The Balaban J connectivity index is 1.76. The van der Waals surface area contributed by atoms with E-state index in [9.17, 15) is 0 Å². The van der Waals surface area contributed by atoms with Gasteiger partial charge in [0, 0.05) is 24.3 Å². The average molecular weight is 245 g/mol. The number of nitrogens with one attached hydrogen (secondary N) is 1. The van der Waals surface area contributed by atoms with Gasteiger partial charge in [0.2, 0.25) is 6.33 Å². The number of aryl methyl sites for hydroxylation is 3. The van der Waals surface area contributed by atoms with Gasteiger partial charge < -0.3 is 11.1 Å². The number of nitrogens with two attached hydrogens (primary N) is 1. The van der Waals surface area contributed by atoms with Gasteiger partial charge in [0.25, 0.3) is 0 Å². The molecule has 0 fully saturated rings. The van der Waals surface area contributed by atoms with E-state index in [4.69, 9.17) is 5.73 Å². The molecular weight excluding hydrogens is 224 g/mol. The van der Waals surface area contributed by atoms with E-state index in [-0.39, 0.29) is 0 Å². The summed E-state index contributed by atoms with van der Waals surface area (Å²) in [6.45, 7) is 0.971. The number of nitrogen functional groups attached to an aromatic ring is 1. The standard InChI is InChI=1S/C14H21N4/c1-17-10-14(18(2)11-17)4-3-9-16-13-7-5-12(15)6-8-13/h5-8,10-11,16H,3-4,9,15H2,1-2H3/q+1. The smallest absolute Gasteiger partial charge is 0.243 e. The van der Waals surface area contributed by atoms with Crippen molar-refractivity contribution < 1.29 is 4.57 Å². The van der Waals surface area contributed by atoms with Crippen LogP contribution < -0.4 is 15.6 Å². The minimum Gasteiger partial charge on any atom is -0.399 e. The highest BCUT2D eigenvalue weighted by Crippen LogP contribution is 2.10. The highest BCUT2D eigenvalue weighted by Gasteiger charge is 2.06. The molecule has 3 N–H and O–H groups in total. The van der Waals surface area contributed by atoms with E-state index in [1.165, 1.54) is 5.69 Å². The van der Waals surface area contributed by atoms with Crippen LogP contribution in [0.5, 0.6) is 0 Å². The Bertz CT molecular complexity index is 499. The van der Waals surface area contributed by atoms with Gasteiger partial charge in [-0.1, -0.05) is 0 Å². The van der Waals surface area contributed by atoms with E-state index < -0.39 is 0 Å².